The smallest absolute Gasteiger partial charge is 0.212 e. The van der Waals surface area contributed by atoms with Crippen LogP contribution in [0.1, 0.15) is 13.3 Å². The van der Waals surface area contributed by atoms with E-state index in [4.69, 9.17) is 11.6 Å². The van der Waals surface area contributed by atoms with Gasteiger partial charge in [-0.2, -0.15) is 11.8 Å². The van der Waals surface area contributed by atoms with Crippen molar-refractivity contribution in [3.05, 3.63) is 0 Å². The lowest BCUT2D eigenvalue weighted by atomic mass is 10.4. The van der Waals surface area contributed by atoms with Crippen LogP contribution < -0.4 is 0 Å². The van der Waals surface area contributed by atoms with E-state index in [-0.39, 0.29) is 5.75 Å². The molecule has 1 fully saturated rings. The number of rotatable bonds is 4. The minimum Gasteiger partial charge on any atom is -0.212 e. The Hall–Kier alpha value is 0.550. The van der Waals surface area contributed by atoms with E-state index in [0.717, 1.165) is 5.75 Å². The summed E-state index contributed by atoms with van der Waals surface area (Å²) < 4.78 is 25.1. The molecule has 1 saturated heterocycles. The van der Waals surface area contributed by atoms with Crippen LogP contribution in [0.2, 0.25) is 0 Å². The molecular formula is C8H16ClNO2S2. The van der Waals surface area contributed by atoms with Crippen LogP contribution in [-0.4, -0.2) is 48.4 Å². The first-order valence-electron chi connectivity index (χ1n) is 4.71. The highest BCUT2D eigenvalue weighted by atomic mass is 35.5. The van der Waals surface area contributed by atoms with Crippen molar-refractivity contribution in [3.8, 4) is 0 Å². The number of sulfonamides is 1. The van der Waals surface area contributed by atoms with Crippen LogP contribution in [0.4, 0.5) is 0 Å². The van der Waals surface area contributed by atoms with Crippen molar-refractivity contribution in [2.24, 2.45) is 0 Å². The van der Waals surface area contributed by atoms with E-state index in [1.54, 1.807) is 4.31 Å². The molecule has 0 aromatic heterocycles. The monoisotopic (exact) mass is 257 g/mol. The molecule has 3 nitrogen and oxygen atoms in total. The van der Waals surface area contributed by atoms with E-state index in [1.807, 2.05) is 11.8 Å². The zero-order valence-corrected chi connectivity index (χ0v) is 10.7. The number of thioether (sulfide) groups is 1. The summed E-state index contributed by atoms with van der Waals surface area (Å²) in [4.78, 5) is 0. The Balaban J connectivity index is 2.53. The number of alkyl halides is 1. The molecule has 6 heteroatoms. The molecular weight excluding hydrogens is 242 g/mol. The standard InChI is InChI=1S/C8H16ClNO2S2/c1-8-7-10(4-5-13-8)14(11,12)6-2-3-9/h8H,2-7H2,1H3. The lowest BCUT2D eigenvalue weighted by Gasteiger charge is -2.29. The first-order valence-corrected chi connectivity index (χ1v) is 7.91. The maximum Gasteiger partial charge on any atom is 0.214 e. The average molecular weight is 258 g/mol. The third-order valence-corrected chi connectivity index (χ3v) is 5.46. The fourth-order valence-electron chi connectivity index (χ4n) is 1.41. The van der Waals surface area contributed by atoms with Crippen molar-refractivity contribution in [1.82, 2.24) is 4.31 Å². The number of nitrogens with zero attached hydrogens (tertiary/aromatic N) is 1. The minimum absolute atomic E-state index is 0.188. The Bertz CT molecular complexity index is 269. The van der Waals surface area contributed by atoms with Gasteiger partial charge in [0.05, 0.1) is 5.75 Å². The molecule has 1 rings (SSSR count). The summed E-state index contributed by atoms with van der Waals surface area (Å²) in [5.41, 5.74) is 0. The van der Waals surface area contributed by atoms with Gasteiger partial charge in [0.2, 0.25) is 10.0 Å². The molecule has 0 spiro atoms. The zero-order chi connectivity index (χ0) is 10.6. The zero-order valence-electron chi connectivity index (χ0n) is 8.28. The van der Waals surface area contributed by atoms with Gasteiger partial charge in [0, 0.05) is 30.0 Å². The first kappa shape index (κ1) is 12.6. The van der Waals surface area contributed by atoms with Crippen LogP contribution in [0.25, 0.3) is 0 Å². The molecule has 0 radical (unpaired) electrons. The maximum atomic E-state index is 11.7. The first-order chi connectivity index (χ1) is 6.56. The van der Waals surface area contributed by atoms with Gasteiger partial charge in [-0.25, -0.2) is 12.7 Å². The van der Waals surface area contributed by atoms with Crippen LogP contribution in [0, 0.1) is 0 Å². The molecule has 14 heavy (non-hydrogen) atoms. The van der Waals surface area contributed by atoms with Crippen molar-refractivity contribution in [2.75, 3.05) is 30.5 Å². The van der Waals surface area contributed by atoms with Gasteiger partial charge in [0.1, 0.15) is 0 Å². The lowest BCUT2D eigenvalue weighted by Crippen LogP contribution is -2.42. The predicted molar refractivity (Wildman–Crippen MR) is 62.6 cm³/mol. The van der Waals surface area contributed by atoms with E-state index in [1.165, 1.54) is 0 Å². The Morgan fingerprint density at radius 2 is 2.29 bits per heavy atom. The summed E-state index contributed by atoms with van der Waals surface area (Å²) in [6.07, 6.45) is 0.544. The van der Waals surface area contributed by atoms with Crippen molar-refractivity contribution in [2.45, 2.75) is 18.6 Å². The topological polar surface area (TPSA) is 37.4 Å². The third-order valence-electron chi connectivity index (χ3n) is 2.13. The van der Waals surface area contributed by atoms with Gasteiger partial charge in [-0.3, -0.25) is 0 Å². The van der Waals surface area contributed by atoms with E-state index >= 15 is 0 Å². The Labute approximate surface area is 95.2 Å². The second kappa shape index (κ2) is 5.58. The normalized spacial score (nSPS) is 25.1. The Kier molecular flexibility index (Phi) is 5.03. The van der Waals surface area contributed by atoms with Crippen LogP contribution in [0.3, 0.4) is 0 Å². The van der Waals surface area contributed by atoms with E-state index < -0.39 is 10.0 Å². The molecule has 1 heterocycles. The molecule has 0 N–H and O–H groups in total. The molecule has 0 aliphatic carbocycles. The average Bonchev–Trinajstić information content (AvgIpc) is 2.15. The Morgan fingerprint density at radius 1 is 1.57 bits per heavy atom. The molecule has 84 valence electrons. The van der Waals surface area contributed by atoms with Crippen LogP contribution in [-0.2, 0) is 10.0 Å². The van der Waals surface area contributed by atoms with Crippen molar-refractivity contribution in [3.63, 3.8) is 0 Å². The summed E-state index contributed by atoms with van der Waals surface area (Å²) in [7, 11) is -3.04. The van der Waals surface area contributed by atoms with Crippen LogP contribution in [0.5, 0.6) is 0 Å². The molecule has 0 bridgehead atoms. The van der Waals surface area contributed by atoms with Crippen molar-refractivity contribution in [1.29, 1.82) is 0 Å². The molecule has 0 amide bonds. The summed E-state index contributed by atoms with van der Waals surface area (Å²) in [5.74, 6) is 1.51. The quantitative estimate of drug-likeness (QED) is 0.715. The van der Waals surface area contributed by atoms with Gasteiger partial charge in [-0.1, -0.05) is 6.92 Å². The van der Waals surface area contributed by atoms with Crippen LogP contribution >= 0.6 is 23.4 Å². The van der Waals surface area contributed by atoms with Gasteiger partial charge < -0.3 is 0 Å². The summed E-state index contributed by atoms with van der Waals surface area (Å²) in [6.45, 7) is 3.36. The van der Waals surface area contributed by atoms with Crippen molar-refractivity contribution >= 4 is 33.4 Å². The number of hydrogen-bond donors (Lipinski definition) is 0. The summed E-state index contributed by atoms with van der Waals surface area (Å²) >= 11 is 7.32. The Morgan fingerprint density at radius 3 is 2.86 bits per heavy atom. The van der Waals surface area contributed by atoms with E-state index in [9.17, 15) is 8.42 Å². The van der Waals surface area contributed by atoms with Crippen molar-refractivity contribution < 1.29 is 8.42 Å². The highest BCUT2D eigenvalue weighted by Gasteiger charge is 2.26. The minimum atomic E-state index is -3.04. The van der Waals surface area contributed by atoms with E-state index in [0.29, 0.717) is 30.6 Å². The lowest BCUT2D eigenvalue weighted by molar-refractivity contribution is 0.424. The molecule has 0 aromatic carbocycles. The summed E-state index contributed by atoms with van der Waals surface area (Å²) in [5, 5.41) is 0.412. The van der Waals surface area contributed by atoms with Gasteiger partial charge in [-0.05, 0) is 6.42 Å². The fraction of sp³-hybridized carbons (Fsp3) is 1.00. The SMILES string of the molecule is CC1CN(S(=O)(=O)CCCCl)CCS1. The van der Waals surface area contributed by atoms with E-state index in [2.05, 4.69) is 6.92 Å². The molecule has 1 atom stereocenters. The number of hydrogen-bond acceptors (Lipinski definition) is 3. The number of halogens is 1. The summed E-state index contributed by atoms with van der Waals surface area (Å²) in [6, 6.07) is 0. The maximum absolute atomic E-state index is 11.7. The molecule has 0 saturated carbocycles. The fourth-order valence-corrected chi connectivity index (χ4v) is 4.51. The molecule has 1 unspecified atom stereocenters. The molecule has 1 aliphatic rings. The highest BCUT2D eigenvalue weighted by molar-refractivity contribution is 8.00. The van der Waals surface area contributed by atoms with Gasteiger partial charge in [0.25, 0.3) is 0 Å². The highest BCUT2D eigenvalue weighted by Crippen LogP contribution is 2.20. The third kappa shape index (κ3) is 3.61. The molecule has 1 aliphatic heterocycles. The van der Waals surface area contributed by atoms with Crippen LogP contribution in [0.15, 0.2) is 0 Å². The van der Waals surface area contributed by atoms with Gasteiger partial charge in [0.15, 0.2) is 0 Å². The largest absolute Gasteiger partial charge is 0.214 e. The second-order valence-corrected chi connectivity index (χ2v) is 7.41. The predicted octanol–water partition coefficient (Wildman–Crippen LogP) is 1.38. The molecule has 0 aromatic rings. The van der Waals surface area contributed by atoms with Gasteiger partial charge in [-0.15, -0.1) is 11.6 Å². The second-order valence-electron chi connectivity index (χ2n) is 3.40. The van der Waals surface area contributed by atoms with Gasteiger partial charge >= 0.3 is 0 Å².